The first-order chi connectivity index (χ1) is 12.4. The molecule has 8 heteroatoms. The molecular weight excluding hydrogens is 336 g/mol. The highest BCUT2D eigenvalue weighted by molar-refractivity contribution is 6.09. The van der Waals surface area contributed by atoms with Crippen LogP contribution in [0, 0.1) is 0 Å². The molecule has 1 aromatic heterocycles. The van der Waals surface area contributed by atoms with Crippen molar-refractivity contribution in [2.24, 2.45) is 0 Å². The molecule has 0 aliphatic carbocycles. The van der Waals surface area contributed by atoms with E-state index in [2.05, 4.69) is 15.7 Å². The lowest BCUT2D eigenvalue weighted by atomic mass is 9.93. The number of hydrazine groups is 1. The first-order valence-corrected chi connectivity index (χ1v) is 8.09. The minimum absolute atomic E-state index is 0.128. The van der Waals surface area contributed by atoms with Gasteiger partial charge in [0.25, 0.3) is 11.8 Å². The van der Waals surface area contributed by atoms with Crippen molar-refractivity contribution in [1.82, 2.24) is 20.7 Å². The van der Waals surface area contributed by atoms with Crippen LogP contribution in [0.15, 0.2) is 53.5 Å². The van der Waals surface area contributed by atoms with Gasteiger partial charge < -0.3 is 10.3 Å². The zero-order chi connectivity index (χ0) is 18.7. The van der Waals surface area contributed by atoms with E-state index >= 15 is 0 Å². The maximum absolute atomic E-state index is 12.6. The van der Waals surface area contributed by atoms with Gasteiger partial charge in [0.1, 0.15) is 5.54 Å². The summed E-state index contributed by atoms with van der Waals surface area (Å²) < 4.78 is 0. The Labute approximate surface area is 149 Å². The molecule has 0 bridgehead atoms. The Morgan fingerprint density at radius 3 is 2.50 bits per heavy atom. The average Bonchev–Trinajstić information content (AvgIpc) is 2.85. The number of carbonyl (C=O) groups excluding carboxylic acids is 3. The van der Waals surface area contributed by atoms with Crippen LogP contribution in [0.3, 0.4) is 0 Å². The highest BCUT2D eigenvalue weighted by atomic mass is 16.2. The topological polar surface area (TPSA) is 111 Å². The molecule has 8 nitrogen and oxygen atoms in total. The van der Waals surface area contributed by atoms with Crippen molar-refractivity contribution in [3.8, 4) is 0 Å². The van der Waals surface area contributed by atoms with Crippen LogP contribution in [0.5, 0.6) is 0 Å². The van der Waals surface area contributed by atoms with Gasteiger partial charge in [-0.3, -0.25) is 19.8 Å². The molecular formula is C18H18N4O4. The van der Waals surface area contributed by atoms with E-state index in [1.165, 1.54) is 18.3 Å². The molecule has 4 amide bonds. The van der Waals surface area contributed by atoms with Crippen molar-refractivity contribution < 1.29 is 14.4 Å². The van der Waals surface area contributed by atoms with Gasteiger partial charge in [-0.1, -0.05) is 30.3 Å². The highest BCUT2D eigenvalue weighted by Gasteiger charge is 2.48. The summed E-state index contributed by atoms with van der Waals surface area (Å²) in [6.07, 6.45) is 2.21. The van der Waals surface area contributed by atoms with Crippen LogP contribution >= 0.6 is 0 Å². The first kappa shape index (κ1) is 17.4. The SMILES string of the molecule is CC1(CCc2ccccc2)NC(=O)N(NC(=O)c2ccc(=O)[nH]c2)C1=O. The van der Waals surface area contributed by atoms with E-state index in [4.69, 9.17) is 0 Å². The predicted molar refractivity (Wildman–Crippen MR) is 93.1 cm³/mol. The second-order valence-corrected chi connectivity index (χ2v) is 6.27. The van der Waals surface area contributed by atoms with E-state index in [-0.39, 0.29) is 11.1 Å². The molecule has 1 aliphatic heterocycles. The van der Waals surface area contributed by atoms with E-state index in [1.807, 2.05) is 30.3 Å². The molecule has 3 N–H and O–H groups in total. The largest absolute Gasteiger partial charge is 0.344 e. The van der Waals surface area contributed by atoms with Crippen molar-refractivity contribution >= 4 is 17.8 Å². The molecule has 2 heterocycles. The maximum atomic E-state index is 12.6. The van der Waals surface area contributed by atoms with Crippen molar-refractivity contribution in [3.63, 3.8) is 0 Å². The fraction of sp³-hybridized carbons (Fsp3) is 0.222. The molecule has 26 heavy (non-hydrogen) atoms. The van der Waals surface area contributed by atoms with Gasteiger partial charge in [0.15, 0.2) is 0 Å². The number of aryl methyl sites for hydroxylation is 1. The standard InChI is InChI=1S/C18H18N4O4/c1-18(10-9-12-5-3-2-4-6-12)16(25)22(17(26)20-18)21-15(24)13-7-8-14(23)19-11-13/h2-8,11H,9-10H2,1H3,(H,19,23)(H,20,26)(H,21,24). The van der Waals surface area contributed by atoms with E-state index in [0.29, 0.717) is 17.9 Å². The number of amides is 4. The highest BCUT2D eigenvalue weighted by Crippen LogP contribution is 2.22. The Kier molecular flexibility index (Phi) is 4.57. The molecule has 1 aliphatic rings. The van der Waals surface area contributed by atoms with Gasteiger partial charge in [-0.2, -0.15) is 5.01 Å². The van der Waals surface area contributed by atoms with Gasteiger partial charge in [0.2, 0.25) is 5.56 Å². The molecule has 1 aromatic carbocycles. The zero-order valence-electron chi connectivity index (χ0n) is 14.1. The molecule has 1 saturated heterocycles. The van der Waals surface area contributed by atoms with Crippen LogP contribution in [0.4, 0.5) is 4.79 Å². The Hall–Kier alpha value is -3.42. The van der Waals surface area contributed by atoms with Crippen LogP contribution < -0.4 is 16.3 Å². The molecule has 1 fully saturated rings. The summed E-state index contributed by atoms with van der Waals surface area (Å²) in [5, 5.41) is 3.31. The fourth-order valence-electron chi connectivity index (χ4n) is 2.71. The van der Waals surface area contributed by atoms with Crippen LogP contribution in [-0.4, -0.2) is 33.4 Å². The number of benzene rings is 1. The summed E-state index contributed by atoms with van der Waals surface area (Å²) in [5.74, 6) is -1.20. The molecule has 0 spiro atoms. The second kappa shape index (κ2) is 6.83. The monoisotopic (exact) mass is 354 g/mol. The molecule has 134 valence electrons. The summed E-state index contributed by atoms with van der Waals surface area (Å²) in [4.78, 5) is 50.4. The Morgan fingerprint density at radius 2 is 1.85 bits per heavy atom. The Balaban J connectivity index is 1.68. The van der Waals surface area contributed by atoms with Gasteiger partial charge in [-0.05, 0) is 31.4 Å². The summed E-state index contributed by atoms with van der Waals surface area (Å²) in [6.45, 7) is 1.63. The van der Waals surface area contributed by atoms with Gasteiger partial charge in [0.05, 0.1) is 5.56 Å². The van der Waals surface area contributed by atoms with Crippen molar-refractivity contribution in [2.45, 2.75) is 25.3 Å². The van der Waals surface area contributed by atoms with Gasteiger partial charge >= 0.3 is 6.03 Å². The summed E-state index contributed by atoms with van der Waals surface area (Å²) in [7, 11) is 0. The number of nitrogens with one attached hydrogen (secondary N) is 3. The number of H-pyrrole nitrogens is 1. The smallest absolute Gasteiger partial charge is 0.328 e. The zero-order valence-corrected chi connectivity index (χ0v) is 14.1. The fourth-order valence-corrected chi connectivity index (χ4v) is 2.71. The molecule has 1 unspecified atom stereocenters. The number of imide groups is 1. The number of pyridine rings is 1. The third-order valence-corrected chi connectivity index (χ3v) is 4.28. The van der Waals surface area contributed by atoms with Crippen LogP contribution in [-0.2, 0) is 11.2 Å². The van der Waals surface area contributed by atoms with Crippen molar-refractivity contribution in [2.75, 3.05) is 0 Å². The number of rotatable bonds is 5. The second-order valence-electron chi connectivity index (χ2n) is 6.27. The maximum Gasteiger partial charge on any atom is 0.344 e. The quantitative estimate of drug-likeness (QED) is 0.695. The lowest BCUT2D eigenvalue weighted by molar-refractivity contribution is -0.132. The summed E-state index contributed by atoms with van der Waals surface area (Å²) in [5.41, 5.74) is 1.99. The lowest BCUT2D eigenvalue weighted by Gasteiger charge is -2.21. The van der Waals surface area contributed by atoms with E-state index < -0.39 is 23.4 Å². The van der Waals surface area contributed by atoms with Gasteiger partial charge in [0, 0.05) is 12.3 Å². The van der Waals surface area contributed by atoms with Crippen molar-refractivity contribution in [1.29, 1.82) is 0 Å². The van der Waals surface area contributed by atoms with Crippen molar-refractivity contribution in [3.05, 3.63) is 70.1 Å². The average molecular weight is 354 g/mol. The molecule has 2 aromatic rings. The molecule has 3 rings (SSSR count). The third-order valence-electron chi connectivity index (χ3n) is 4.28. The minimum Gasteiger partial charge on any atom is -0.328 e. The van der Waals surface area contributed by atoms with E-state index in [0.717, 1.165) is 5.56 Å². The van der Waals surface area contributed by atoms with Crippen LogP contribution in [0.2, 0.25) is 0 Å². The predicted octanol–water partition coefficient (Wildman–Crippen LogP) is 0.963. The van der Waals surface area contributed by atoms with E-state index in [9.17, 15) is 19.2 Å². The Bertz CT molecular complexity index is 888. The normalized spacial score (nSPS) is 19.3. The van der Waals surface area contributed by atoms with Crippen LogP contribution in [0.1, 0.15) is 29.3 Å². The summed E-state index contributed by atoms with van der Waals surface area (Å²) in [6, 6.07) is 11.4. The van der Waals surface area contributed by atoms with Crippen LogP contribution in [0.25, 0.3) is 0 Å². The number of nitrogens with zero attached hydrogens (tertiary/aromatic N) is 1. The number of hydrogen-bond donors (Lipinski definition) is 3. The number of urea groups is 1. The molecule has 1 atom stereocenters. The van der Waals surface area contributed by atoms with Gasteiger partial charge in [-0.25, -0.2) is 4.79 Å². The number of hydrogen-bond acceptors (Lipinski definition) is 4. The molecule has 0 radical (unpaired) electrons. The number of aromatic amines is 1. The minimum atomic E-state index is -1.11. The first-order valence-electron chi connectivity index (χ1n) is 8.09. The number of carbonyl (C=O) groups is 3. The Morgan fingerprint density at radius 1 is 1.12 bits per heavy atom. The lowest BCUT2D eigenvalue weighted by Crippen LogP contribution is -2.49. The molecule has 0 saturated carbocycles. The number of aromatic nitrogens is 1. The summed E-state index contributed by atoms with van der Waals surface area (Å²) >= 11 is 0. The van der Waals surface area contributed by atoms with Gasteiger partial charge in [-0.15, -0.1) is 0 Å². The third kappa shape index (κ3) is 3.49. The van der Waals surface area contributed by atoms with E-state index in [1.54, 1.807) is 6.92 Å².